The molecule has 1 amide bonds. The van der Waals surface area contributed by atoms with E-state index in [1.807, 2.05) is 7.05 Å². The highest BCUT2D eigenvalue weighted by Gasteiger charge is 2.22. The Morgan fingerprint density at radius 1 is 0.850 bits per heavy atom. The first-order chi connectivity index (χ1) is 19.5. The fraction of sp³-hybridized carbons (Fsp3) is 0.447. The van der Waals surface area contributed by atoms with Gasteiger partial charge in [-0.05, 0) is 102 Å². The van der Waals surface area contributed by atoms with Crippen LogP contribution in [0.3, 0.4) is 0 Å². The van der Waals surface area contributed by atoms with Gasteiger partial charge in [0.2, 0.25) is 5.91 Å². The highest BCUT2D eigenvalue weighted by Crippen LogP contribution is 2.38. The largest absolute Gasteiger partial charge is 0.342 e. The number of aryl methyl sites for hydroxylation is 2. The van der Waals surface area contributed by atoms with E-state index in [0.717, 1.165) is 37.6 Å². The van der Waals surface area contributed by atoms with Crippen LogP contribution in [0.5, 0.6) is 0 Å². The van der Waals surface area contributed by atoms with Gasteiger partial charge in [-0.3, -0.25) is 4.79 Å². The van der Waals surface area contributed by atoms with Crippen LogP contribution < -0.4 is 0 Å². The number of likely N-dealkylation sites (N-methyl/N-ethyl adjacent to an activating group) is 1. The molecule has 0 unspecified atom stereocenters. The fourth-order valence-corrected chi connectivity index (χ4v) is 6.40. The van der Waals surface area contributed by atoms with Crippen LogP contribution in [-0.2, 0) is 17.6 Å². The van der Waals surface area contributed by atoms with E-state index in [1.54, 1.807) is 4.90 Å². The summed E-state index contributed by atoms with van der Waals surface area (Å²) in [4.78, 5) is 13.4. The molecule has 40 heavy (non-hydrogen) atoms. The minimum atomic E-state index is -0.0164. The maximum Gasteiger partial charge on any atom is 0.245 e. The zero-order chi connectivity index (χ0) is 28.3. The number of amides is 1. The van der Waals surface area contributed by atoms with Crippen molar-refractivity contribution in [1.82, 2.24) is 4.90 Å². The number of hydrogen-bond donors (Lipinski definition) is 0. The molecule has 0 aliphatic heterocycles. The summed E-state index contributed by atoms with van der Waals surface area (Å²) in [6, 6.07) is 25.4. The summed E-state index contributed by atoms with van der Waals surface area (Å²) in [5.74, 6) is 1.69. The number of unbranched alkanes of at least 4 members (excludes halogenated alkanes) is 2. The third-order valence-electron chi connectivity index (χ3n) is 9.04. The van der Waals surface area contributed by atoms with Crippen LogP contribution in [0.15, 0.2) is 79.4 Å². The van der Waals surface area contributed by atoms with Gasteiger partial charge in [0.25, 0.3) is 0 Å². The van der Waals surface area contributed by atoms with E-state index < -0.39 is 0 Å². The molecule has 0 radical (unpaired) electrons. The van der Waals surface area contributed by atoms with E-state index in [0.29, 0.717) is 0 Å². The van der Waals surface area contributed by atoms with Gasteiger partial charge < -0.3 is 4.90 Å². The molecule has 0 heterocycles. The summed E-state index contributed by atoms with van der Waals surface area (Å²) in [6.07, 6.45) is 15.4. The van der Waals surface area contributed by atoms with E-state index >= 15 is 0 Å². The molecule has 1 fully saturated rings. The van der Waals surface area contributed by atoms with Crippen molar-refractivity contribution in [3.05, 3.63) is 96.1 Å². The van der Waals surface area contributed by atoms with Crippen molar-refractivity contribution in [1.29, 1.82) is 0 Å². The minimum absolute atomic E-state index is 0.0164. The van der Waals surface area contributed by atoms with Gasteiger partial charge in [0.05, 0.1) is 0 Å². The molecule has 1 saturated carbocycles. The molecule has 212 valence electrons. The van der Waals surface area contributed by atoms with Crippen LogP contribution in [0, 0.1) is 5.92 Å². The van der Waals surface area contributed by atoms with E-state index in [4.69, 9.17) is 0 Å². The molecule has 2 nitrogen and oxygen atoms in total. The monoisotopic (exact) mass is 535 g/mol. The molecule has 0 aromatic heterocycles. The van der Waals surface area contributed by atoms with Crippen LogP contribution >= 0.6 is 0 Å². The molecule has 2 heteroatoms. The van der Waals surface area contributed by atoms with Crippen molar-refractivity contribution in [3.63, 3.8) is 0 Å². The molecular weight excluding hydrogens is 486 g/mol. The topological polar surface area (TPSA) is 20.3 Å². The van der Waals surface area contributed by atoms with Crippen LogP contribution in [-0.4, -0.2) is 24.4 Å². The Hall–Kier alpha value is -3.13. The number of hydrogen-bond acceptors (Lipinski definition) is 1. The third kappa shape index (κ3) is 7.96. The summed E-state index contributed by atoms with van der Waals surface area (Å²) in [7, 11) is 1.83. The maximum atomic E-state index is 11.7. The van der Waals surface area contributed by atoms with E-state index in [-0.39, 0.29) is 5.91 Å². The standard InChI is InChI=1S/C38H49NO/c1-5-8-9-11-29-13-17-32(18-14-29)33-21-23-34(24-22-33)36-25-26-37(31(6-2)28-36)35-19-15-30(16-20-35)12-10-27-39(4)38(40)7-3/h7,15-16,19-26,28-29,32H,3,5-6,8-14,17-18,27H2,1-2,4H3. The Morgan fingerprint density at radius 3 is 2.17 bits per heavy atom. The lowest BCUT2D eigenvalue weighted by Crippen LogP contribution is -2.25. The van der Waals surface area contributed by atoms with Crippen LogP contribution in [0.1, 0.15) is 94.2 Å². The normalized spacial score (nSPS) is 17.0. The van der Waals surface area contributed by atoms with Crippen molar-refractivity contribution in [3.8, 4) is 22.3 Å². The SMILES string of the molecule is C=CC(=O)N(C)CCCc1ccc(-c2ccc(-c3ccc(C4CCC(CCCCC)CC4)cc3)cc2CC)cc1. The molecule has 0 atom stereocenters. The molecule has 3 aromatic carbocycles. The quantitative estimate of drug-likeness (QED) is 0.157. The summed E-state index contributed by atoms with van der Waals surface area (Å²) in [5.41, 5.74) is 9.44. The van der Waals surface area contributed by atoms with Gasteiger partial charge in [-0.25, -0.2) is 0 Å². The second-order valence-electron chi connectivity index (χ2n) is 11.8. The Kier molecular flexibility index (Phi) is 11.2. The summed E-state index contributed by atoms with van der Waals surface area (Å²) in [6.45, 7) is 8.86. The van der Waals surface area contributed by atoms with E-state index in [9.17, 15) is 4.79 Å². The predicted octanol–water partition coefficient (Wildman–Crippen LogP) is 10.0. The molecular formula is C38H49NO. The first-order valence-electron chi connectivity index (χ1n) is 15.7. The lowest BCUT2D eigenvalue weighted by molar-refractivity contribution is -0.124. The van der Waals surface area contributed by atoms with E-state index in [2.05, 4.69) is 87.2 Å². The molecule has 0 bridgehead atoms. The fourth-order valence-electron chi connectivity index (χ4n) is 6.40. The molecule has 0 saturated heterocycles. The molecule has 4 rings (SSSR count). The van der Waals surface area contributed by atoms with Gasteiger partial charge in [-0.15, -0.1) is 0 Å². The number of benzene rings is 3. The van der Waals surface area contributed by atoms with Crippen LogP contribution in [0.2, 0.25) is 0 Å². The van der Waals surface area contributed by atoms with Gasteiger partial charge in [0.1, 0.15) is 0 Å². The summed E-state index contributed by atoms with van der Waals surface area (Å²) < 4.78 is 0. The Bertz CT molecular complexity index is 1220. The zero-order valence-corrected chi connectivity index (χ0v) is 25.1. The Balaban J connectivity index is 1.36. The van der Waals surface area contributed by atoms with Crippen molar-refractivity contribution in [2.24, 2.45) is 5.92 Å². The average molecular weight is 536 g/mol. The Labute approximate surface area is 243 Å². The van der Waals surface area contributed by atoms with E-state index in [1.165, 1.54) is 96.4 Å². The predicted molar refractivity (Wildman–Crippen MR) is 172 cm³/mol. The maximum absolute atomic E-state index is 11.7. The molecule has 0 spiro atoms. The van der Waals surface area contributed by atoms with Crippen LogP contribution in [0.4, 0.5) is 0 Å². The third-order valence-corrected chi connectivity index (χ3v) is 9.04. The Morgan fingerprint density at radius 2 is 1.52 bits per heavy atom. The molecule has 1 aliphatic rings. The first-order valence-corrected chi connectivity index (χ1v) is 15.7. The highest BCUT2D eigenvalue weighted by molar-refractivity contribution is 5.86. The molecule has 3 aromatic rings. The zero-order valence-electron chi connectivity index (χ0n) is 25.1. The van der Waals surface area contributed by atoms with Crippen molar-refractivity contribution >= 4 is 5.91 Å². The van der Waals surface area contributed by atoms with Gasteiger partial charge in [0.15, 0.2) is 0 Å². The first kappa shape index (κ1) is 29.8. The van der Waals surface area contributed by atoms with Gasteiger partial charge >= 0.3 is 0 Å². The summed E-state index contributed by atoms with van der Waals surface area (Å²) in [5, 5.41) is 0. The highest BCUT2D eigenvalue weighted by atomic mass is 16.2. The van der Waals surface area contributed by atoms with Crippen molar-refractivity contribution in [2.75, 3.05) is 13.6 Å². The second kappa shape index (κ2) is 15.0. The van der Waals surface area contributed by atoms with Crippen LogP contribution in [0.25, 0.3) is 22.3 Å². The number of carbonyl (C=O) groups is 1. The number of nitrogens with zero attached hydrogens (tertiary/aromatic N) is 1. The number of rotatable bonds is 13. The van der Waals surface area contributed by atoms with Gasteiger partial charge in [-0.2, -0.15) is 0 Å². The smallest absolute Gasteiger partial charge is 0.245 e. The van der Waals surface area contributed by atoms with Crippen molar-refractivity contribution in [2.45, 2.75) is 90.4 Å². The lowest BCUT2D eigenvalue weighted by Gasteiger charge is -2.29. The van der Waals surface area contributed by atoms with Gasteiger partial charge in [-0.1, -0.05) is 113 Å². The molecule has 0 N–H and O–H groups in total. The van der Waals surface area contributed by atoms with Gasteiger partial charge in [0, 0.05) is 13.6 Å². The average Bonchev–Trinajstić information content (AvgIpc) is 3.01. The second-order valence-corrected chi connectivity index (χ2v) is 11.8. The number of carbonyl (C=O) groups excluding carboxylic acids is 1. The molecule has 1 aliphatic carbocycles. The van der Waals surface area contributed by atoms with Crippen molar-refractivity contribution < 1.29 is 4.79 Å². The minimum Gasteiger partial charge on any atom is -0.342 e. The lowest BCUT2D eigenvalue weighted by atomic mass is 9.77. The summed E-state index contributed by atoms with van der Waals surface area (Å²) >= 11 is 0.